The normalized spacial score (nSPS) is 18.4. The molecule has 0 aromatic heterocycles. The molecule has 1 N–H and O–H groups in total. The van der Waals surface area contributed by atoms with E-state index >= 15 is 0 Å². The predicted octanol–water partition coefficient (Wildman–Crippen LogP) is 5.35. The van der Waals surface area contributed by atoms with Gasteiger partial charge in [-0.3, -0.25) is 4.79 Å². The summed E-state index contributed by atoms with van der Waals surface area (Å²) >= 11 is 6.49. The zero-order valence-electron chi connectivity index (χ0n) is 17.9. The molecule has 0 atom stereocenters. The van der Waals surface area contributed by atoms with Crippen molar-refractivity contribution in [2.45, 2.75) is 51.6 Å². The number of amides is 1. The summed E-state index contributed by atoms with van der Waals surface area (Å²) in [6.07, 6.45) is 6.17. The van der Waals surface area contributed by atoms with Crippen LogP contribution < -0.4 is 5.32 Å². The van der Waals surface area contributed by atoms with Gasteiger partial charge in [-0.25, -0.2) is 0 Å². The van der Waals surface area contributed by atoms with E-state index in [1.165, 1.54) is 43.5 Å². The Hall–Kier alpha value is -2.04. The highest BCUT2D eigenvalue weighted by Gasteiger charge is 2.28. The number of rotatable bonds is 5. The van der Waals surface area contributed by atoms with Crippen LogP contribution in [0.5, 0.6) is 0 Å². The quantitative estimate of drug-likeness (QED) is 0.701. The van der Waals surface area contributed by atoms with Crippen molar-refractivity contribution in [3.63, 3.8) is 0 Å². The molecule has 2 heterocycles. The fourth-order valence-electron chi connectivity index (χ4n) is 4.59. The van der Waals surface area contributed by atoms with Gasteiger partial charge in [0.2, 0.25) is 0 Å². The molecule has 2 saturated heterocycles. The number of likely N-dealkylation sites (tertiary alicyclic amines) is 2. The van der Waals surface area contributed by atoms with Crippen LogP contribution in [0.4, 0.5) is 5.69 Å². The van der Waals surface area contributed by atoms with Crippen molar-refractivity contribution in [3.05, 3.63) is 64.2 Å². The Morgan fingerprint density at radius 3 is 2.37 bits per heavy atom. The summed E-state index contributed by atoms with van der Waals surface area (Å²) in [7, 11) is 0. The molecule has 5 heteroatoms. The maximum absolute atomic E-state index is 13.0. The van der Waals surface area contributed by atoms with Crippen molar-refractivity contribution in [3.8, 4) is 0 Å². The molecule has 2 aliphatic rings. The monoisotopic (exact) mass is 425 g/mol. The first kappa shape index (κ1) is 21.2. The fraction of sp³-hybridized carbons (Fsp3) is 0.480. The lowest BCUT2D eigenvalue weighted by Crippen LogP contribution is -2.48. The second-order valence-corrected chi connectivity index (χ2v) is 9.06. The fourth-order valence-corrected chi connectivity index (χ4v) is 4.84. The Morgan fingerprint density at radius 2 is 1.70 bits per heavy atom. The van der Waals surface area contributed by atoms with Gasteiger partial charge in [0.05, 0.1) is 10.7 Å². The van der Waals surface area contributed by atoms with Crippen molar-refractivity contribution in [1.82, 2.24) is 9.80 Å². The first-order chi connectivity index (χ1) is 14.6. The zero-order chi connectivity index (χ0) is 20.9. The molecule has 2 aromatic rings. The lowest BCUT2D eigenvalue weighted by atomic mass is 9.99. The van der Waals surface area contributed by atoms with Crippen LogP contribution >= 0.6 is 11.6 Å². The molecule has 2 aromatic carbocycles. The minimum atomic E-state index is 0.0964. The summed E-state index contributed by atoms with van der Waals surface area (Å²) in [5.41, 5.74) is 3.99. The Labute approximate surface area is 185 Å². The predicted molar refractivity (Wildman–Crippen MR) is 124 cm³/mol. The van der Waals surface area contributed by atoms with Gasteiger partial charge in [0.25, 0.3) is 5.91 Å². The van der Waals surface area contributed by atoms with Gasteiger partial charge < -0.3 is 15.1 Å². The van der Waals surface area contributed by atoms with Gasteiger partial charge in [0, 0.05) is 31.2 Å². The maximum atomic E-state index is 13.0. The number of carbonyl (C=O) groups is 1. The molecule has 4 nitrogen and oxygen atoms in total. The number of anilines is 1. The van der Waals surface area contributed by atoms with E-state index in [1.807, 2.05) is 17.0 Å². The molecular formula is C25H32ClN3O. The SMILES string of the molecule is Cc1ccc(CNc2ccc(C(=O)N3CCC(N4CCCCC4)CC3)cc2Cl)cc1. The summed E-state index contributed by atoms with van der Waals surface area (Å²) in [4.78, 5) is 17.6. The summed E-state index contributed by atoms with van der Waals surface area (Å²) in [6.45, 7) is 6.92. The average molecular weight is 426 g/mol. The summed E-state index contributed by atoms with van der Waals surface area (Å²) < 4.78 is 0. The van der Waals surface area contributed by atoms with Crippen molar-refractivity contribution < 1.29 is 4.79 Å². The first-order valence-electron chi connectivity index (χ1n) is 11.2. The van der Waals surface area contributed by atoms with Crippen LogP contribution in [0, 0.1) is 6.92 Å². The number of carbonyl (C=O) groups excluding carboxylic acids is 1. The van der Waals surface area contributed by atoms with E-state index < -0.39 is 0 Å². The van der Waals surface area contributed by atoms with E-state index in [9.17, 15) is 4.79 Å². The number of piperidine rings is 2. The van der Waals surface area contributed by atoms with Gasteiger partial charge in [-0.05, 0) is 69.5 Å². The highest BCUT2D eigenvalue weighted by atomic mass is 35.5. The second kappa shape index (κ2) is 9.84. The van der Waals surface area contributed by atoms with Crippen molar-refractivity contribution in [2.75, 3.05) is 31.5 Å². The molecule has 0 radical (unpaired) electrons. The number of hydrogen-bond donors (Lipinski definition) is 1. The number of halogens is 1. The van der Waals surface area contributed by atoms with Gasteiger partial charge in [-0.2, -0.15) is 0 Å². The maximum Gasteiger partial charge on any atom is 0.253 e. The second-order valence-electron chi connectivity index (χ2n) is 8.65. The van der Waals surface area contributed by atoms with E-state index in [-0.39, 0.29) is 5.91 Å². The van der Waals surface area contributed by atoms with E-state index in [0.717, 1.165) is 31.6 Å². The number of nitrogens with zero attached hydrogens (tertiary/aromatic N) is 2. The van der Waals surface area contributed by atoms with Gasteiger partial charge >= 0.3 is 0 Å². The molecule has 2 aliphatic heterocycles. The van der Waals surface area contributed by atoms with E-state index in [0.29, 0.717) is 23.2 Å². The standard InChI is InChI=1S/C25H32ClN3O/c1-19-5-7-20(8-6-19)18-27-24-10-9-21(17-23(24)26)25(30)29-15-11-22(12-16-29)28-13-3-2-4-14-28/h5-10,17,22,27H,2-4,11-16,18H2,1H3. The van der Waals surface area contributed by atoms with E-state index in [2.05, 4.69) is 41.4 Å². The minimum absolute atomic E-state index is 0.0964. The smallest absolute Gasteiger partial charge is 0.253 e. The molecule has 160 valence electrons. The highest BCUT2D eigenvalue weighted by Crippen LogP contribution is 2.26. The van der Waals surface area contributed by atoms with E-state index in [4.69, 9.17) is 11.6 Å². The van der Waals surface area contributed by atoms with Crippen LogP contribution in [-0.4, -0.2) is 47.9 Å². The van der Waals surface area contributed by atoms with Gasteiger partial charge in [0.15, 0.2) is 0 Å². The summed E-state index contributed by atoms with van der Waals surface area (Å²) in [6, 6.07) is 14.7. The lowest BCUT2D eigenvalue weighted by molar-refractivity contribution is 0.0590. The zero-order valence-corrected chi connectivity index (χ0v) is 18.6. The average Bonchev–Trinajstić information content (AvgIpc) is 2.79. The van der Waals surface area contributed by atoms with Crippen molar-refractivity contribution in [1.29, 1.82) is 0 Å². The van der Waals surface area contributed by atoms with Gasteiger partial charge in [-0.1, -0.05) is 47.9 Å². The third-order valence-corrected chi connectivity index (χ3v) is 6.79. The molecule has 0 unspecified atom stereocenters. The lowest BCUT2D eigenvalue weighted by Gasteiger charge is -2.40. The van der Waals surface area contributed by atoms with Crippen LogP contribution in [0.25, 0.3) is 0 Å². The highest BCUT2D eigenvalue weighted by molar-refractivity contribution is 6.33. The third kappa shape index (κ3) is 5.16. The molecule has 0 bridgehead atoms. The number of hydrogen-bond acceptors (Lipinski definition) is 3. The van der Waals surface area contributed by atoms with Crippen LogP contribution in [0.1, 0.15) is 53.6 Å². The molecule has 0 spiro atoms. The molecule has 0 saturated carbocycles. The molecule has 2 fully saturated rings. The molecule has 4 rings (SSSR count). The molecule has 1 amide bonds. The minimum Gasteiger partial charge on any atom is -0.380 e. The third-order valence-electron chi connectivity index (χ3n) is 6.48. The number of aryl methyl sites for hydroxylation is 1. The van der Waals surface area contributed by atoms with E-state index in [1.54, 1.807) is 6.07 Å². The van der Waals surface area contributed by atoms with Crippen LogP contribution in [0.2, 0.25) is 5.02 Å². The van der Waals surface area contributed by atoms with Gasteiger partial charge in [0.1, 0.15) is 0 Å². The summed E-state index contributed by atoms with van der Waals surface area (Å²) in [5.74, 6) is 0.0964. The van der Waals surface area contributed by atoms with Crippen molar-refractivity contribution in [2.24, 2.45) is 0 Å². The molecule has 30 heavy (non-hydrogen) atoms. The van der Waals surface area contributed by atoms with Crippen LogP contribution in [0.15, 0.2) is 42.5 Å². The number of nitrogens with one attached hydrogen (secondary N) is 1. The van der Waals surface area contributed by atoms with Gasteiger partial charge in [-0.15, -0.1) is 0 Å². The molecule has 0 aliphatic carbocycles. The number of benzene rings is 2. The first-order valence-corrected chi connectivity index (χ1v) is 11.6. The van der Waals surface area contributed by atoms with Crippen LogP contribution in [-0.2, 0) is 6.54 Å². The topological polar surface area (TPSA) is 35.6 Å². The van der Waals surface area contributed by atoms with Crippen molar-refractivity contribution >= 4 is 23.2 Å². The Morgan fingerprint density at radius 1 is 1.00 bits per heavy atom. The van der Waals surface area contributed by atoms with Crippen LogP contribution in [0.3, 0.4) is 0 Å². The largest absolute Gasteiger partial charge is 0.380 e. The molecular weight excluding hydrogens is 394 g/mol. The summed E-state index contributed by atoms with van der Waals surface area (Å²) in [5, 5.41) is 3.97. The Balaban J connectivity index is 1.32. The Kier molecular flexibility index (Phi) is 6.96. The Bertz CT molecular complexity index is 853.